The van der Waals surface area contributed by atoms with Gasteiger partial charge in [-0.05, 0) is 45.6 Å². The molecular weight excluding hydrogens is 512 g/mol. The molecule has 0 aliphatic rings. The van der Waals surface area contributed by atoms with Crippen LogP contribution in [0.25, 0.3) is 0 Å². The molecule has 0 heterocycles. The van der Waals surface area contributed by atoms with Crippen molar-refractivity contribution in [2.75, 3.05) is 6.61 Å². The van der Waals surface area contributed by atoms with Gasteiger partial charge in [0.25, 0.3) is 0 Å². The third kappa shape index (κ3) is 12.3. The van der Waals surface area contributed by atoms with Gasteiger partial charge in [0.2, 0.25) is 5.91 Å². The van der Waals surface area contributed by atoms with Gasteiger partial charge in [0.15, 0.2) is 11.8 Å². The van der Waals surface area contributed by atoms with E-state index in [1.54, 1.807) is 30.3 Å². The molecule has 0 saturated heterocycles. The second-order valence-corrected chi connectivity index (χ2v) is 10.8. The van der Waals surface area contributed by atoms with Crippen molar-refractivity contribution >= 4 is 23.8 Å². The van der Waals surface area contributed by atoms with Crippen LogP contribution in [0, 0.1) is 5.92 Å². The zero-order valence-electron chi connectivity index (χ0n) is 24.1. The topological polar surface area (TPSA) is 120 Å². The number of ether oxygens (including phenoxy) is 3. The van der Waals surface area contributed by atoms with Crippen LogP contribution in [0.15, 0.2) is 72.5 Å². The molecule has 0 unspecified atom stereocenters. The highest BCUT2D eigenvalue weighted by molar-refractivity contribution is 6.04. The van der Waals surface area contributed by atoms with Crippen LogP contribution >= 0.6 is 0 Å². The van der Waals surface area contributed by atoms with Gasteiger partial charge in [-0.25, -0.2) is 9.59 Å². The van der Waals surface area contributed by atoms with Gasteiger partial charge in [0.1, 0.15) is 18.4 Å². The van der Waals surface area contributed by atoms with Crippen LogP contribution in [-0.2, 0) is 30.4 Å². The number of allylic oxidation sites excluding steroid dienone is 2. The van der Waals surface area contributed by atoms with E-state index >= 15 is 0 Å². The lowest BCUT2D eigenvalue weighted by Crippen LogP contribution is -2.54. The summed E-state index contributed by atoms with van der Waals surface area (Å²) >= 11 is 0. The van der Waals surface area contributed by atoms with E-state index in [-0.39, 0.29) is 30.7 Å². The fraction of sp³-hybridized carbons (Fsp3) is 0.419. The summed E-state index contributed by atoms with van der Waals surface area (Å²) in [4.78, 5) is 51.3. The molecule has 9 nitrogen and oxygen atoms in total. The number of ketones is 1. The number of rotatable bonds is 13. The predicted molar refractivity (Wildman–Crippen MR) is 151 cm³/mol. The van der Waals surface area contributed by atoms with Gasteiger partial charge >= 0.3 is 12.1 Å². The SMILES string of the molecule is CC(=CC(=O)c1ccccc1)OC(=O)[C@H](COC(C)(C)C)NC(=O)[C@H](CC(C)C)NC(=O)OCc1ccccc1. The molecule has 0 fully saturated rings. The van der Waals surface area contributed by atoms with E-state index in [1.807, 2.05) is 65.0 Å². The number of hydrogen-bond donors (Lipinski definition) is 2. The average molecular weight is 553 g/mol. The minimum atomic E-state index is -1.20. The standard InChI is InChI=1S/C31H40N2O7/c1-21(2)17-25(33-30(37)38-19-23-13-9-7-10-14-23)28(35)32-26(20-39-31(4,5)6)29(36)40-22(3)18-27(34)24-15-11-8-12-16-24/h7-16,18,21,25-26H,17,19-20H2,1-6H3,(H,32,35)(H,33,37)/t25-,26-/m0/s1. The normalized spacial score (nSPS) is 13.2. The first-order chi connectivity index (χ1) is 18.8. The number of nitrogens with one attached hydrogen (secondary N) is 2. The minimum Gasteiger partial charge on any atom is -0.445 e. The Balaban J connectivity index is 2.11. The second-order valence-electron chi connectivity index (χ2n) is 10.8. The summed E-state index contributed by atoms with van der Waals surface area (Å²) in [6.45, 7) is 10.6. The molecule has 2 atom stereocenters. The molecule has 0 saturated carbocycles. The van der Waals surface area contributed by atoms with Gasteiger partial charge in [-0.3, -0.25) is 9.59 Å². The van der Waals surface area contributed by atoms with Gasteiger partial charge < -0.3 is 24.8 Å². The van der Waals surface area contributed by atoms with Crippen LogP contribution in [0.2, 0.25) is 0 Å². The number of alkyl carbamates (subject to hydrolysis) is 1. The van der Waals surface area contributed by atoms with Crippen molar-refractivity contribution in [3.05, 3.63) is 83.6 Å². The van der Waals surface area contributed by atoms with Crippen LogP contribution < -0.4 is 10.6 Å². The number of carbonyl (C=O) groups is 4. The molecule has 2 rings (SSSR count). The maximum absolute atomic E-state index is 13.3. The molecule has 2 aromatic carbocycles. The molecule has 0 aliphatic heterocycles. The predicted octanol–water partition coefficient (Wildman–Crippen LogP) is 4.96. The quantitative estimate of drug-likeness (QED) is 0.156. The largest absolute Gasteiger partial charge is 0.445 e. The van der Waals surface area contributed by atoms with Crippen molar-refractivity contribution in [3.63, 3.8) is 0 Å². The van der Waals surface area contributed by atoms with Gasteiger partial charge in [-0.2, -0.15) is 0 Å². The molecule has 0 spiro atoms. The molecule has 2 N–H and O–H groups in total. The lowest BCUT2D eigenvalue weighted by molar-refractivity contribution is -0.147. The van der Waals surface area contributed by atoms with Gasteiger partial charge in [-0.1, -0.05) is 74.5 Å². The summed E-state index contributed by atoms with van der Waals surface area (Å²) in [6.07, 6.45) is 0.759. The molecule has 0 radical (unpaired) electrons. The fourth-order valence-corrected chi connectivity index (χ4v) is 3.51. The van der Waals surface area contributed by atoms with Crippen LogP contribution in [0.3, 0.4) is 0 Å². The van der Waals surface area contributed by atoms with E-state index < -0.39 is 35.7 Å². The summed E-state index contributed by atoms with van der Waals surface area (Å²) in [6, 6.07) is 15.6. The van der Waals surface area contributed by atoms with Crippen molar-refractivity contribution in [2.24, 2.45) is 5.92 Å². The summed E-state index contributed by atoms with van der Waals surface area (Å²) in [7, 11) is 0. The highest BCUT2D eigenvalue weighted by atomic mass is 16.6. The van der Waals surface area contributed by atoms with Crippen LogP contribution in [-0.4, -0.2) is 48.0 Å². The third-order valence-corrected chi connectivity index (χ3v) is 5.47. The fourth-order valence-electron chi connectivity index (χ4n) is 3.51. The number of hydrogen-bond acceptors (Lipinski definition) is 7. The van der Waals surface area contributed by atoms with Gasteiger partial charge in [-0.15, -0.1) is 0 Å². The van der Waals surface area contributed by atoms with Crippen molar-refractivity contribution in [3.8, 4) is 0 Å². The summed E-state index contributed by atoms with van der Waals surface area (Å²) in [5, 5.41) is 5.24. The first-order valence-electron chi connectivity index (χ1n) is 13.2. The summed E-state index contributed by atoms with van der Waals surface area (Å²) in [5.74, 6) is -1.60. The first kappa shape index (κ1) is 32.2. The number of amides is 2. The van der Waals surface area contributed by atoms with E-state index in [4.69, 9.17) is 14.2 Å². The van der Waals surface area contributed by atoms with Crippen LogP contribution in [0.4, 0.5) is 4.79 Å². The number of carbonyl (C=O) groups excluding carboxylic acids is 4. The third-order valence-electron chi connectivity index (χ3n) is 5.47. The lowest BCUT2D eigenvalue weighted by atomic mass is 10.0. The Kier molecular flexibility index (Phi) is 12.5. The van der Waals surface area contributed by atoms with Crippen LogP contribution in [0.5, 0.6) is 0 Å². The van der Waals surface area contributed by atoms with E-state index in [0.29, 0.717) is 12.0 Å². The monoisotopic (exact) mass is 552 g/mol. The van der Waals surface area contributed by atoms with E-state index in [2.05, 4.69) is 10.6 Å². The molecule has 2 amide bonds. The number of benzene rings is 2. The highest BCUT2D eigenvalue weighted by Gasteiger charge is 2.30. The molecule has 9 heteroatoms. The molecule has 40 heavy (non-hydrogen) atoms. The average Bonchev–Trinajstić information content (AvgIpc) is 2.89. The Bertz CT molecular complexity index is 1160. The van der Waals surface area contributed by atoms with Crippen molar-refractivity contribution < 1.29 is 33.4 Å². The molecule has 0 aliphatic carbocycles. The Morgan fingerprint density at radius 1 is 0.875 bits per heavy atom. The smallest absolute Gasteiger partial charge is 0.408 e. The van der Waals surface area contributed by atoms with E-state index in [9.17, 15) is 19.2 Å². The summed E-state index contributed by atoms with van der Waals surface area (Å²) < 4.78 is 16.4. The molecule has 216 valence electrons. The Labute approximate surface area is 236 Å². The zero-order valence-corrected chi connectivity index (χ0v) is 24.1. The van der Waals surface area contributed by atoms with Gasteiger partial charge in [0.05, 0.1) is 12.2 Å². The molecule has 0 aromatic heterocycles. The van der Waals surface area contributed by atoms with E-state index in [1.165, 1.54) is 13.0 Å². The Morgan fingerprint density at radius 3 is 2.05 bits per heavy atom. The maximum Gasteiger partial charge on any atom is 0.408 e. The molecule has 2 aromatic rings. The maximum atomic E-state index is 13.3. The van der Waals surface area contributed by atoms with Crippen molar-refractivity contribution in [1.82, 2.24) is 10.6 Å². The van der Waals surface area contributed by atoms with Crippen molar-refractivity contribution in [2.45, 2.75) is 72.3 Å². The Hall–Kier alpha value is -3.98. The molecular formula is C31H40N2O7. The van der Waals surface area contributed by atoms with Gasteiger partial charge in [0, 0.05) is 11.6 Å². The number of esters is 1. The first-order valence-corrected chi connectivity index (χ1v) is 13.2. The zero-order chi connectivity index (χ0) is 29.7. The summed E-state index contributed by atoms with van der Waals surface area (Å²) in [5.41, 5.74) is 0.647. The highest BCUT2D eigenvalue weighted by Crippen LogP contribution is 2.12. The minimum absolute atomic E-state index is 0.0460. The van der Waals surface area contributed by atoms with E-state index in [0.717, 1.165) is 5.56 Å². The lowest BCUT2D eigenvalue weighted by Gasteiger charge is -2.26. The molecule has 0 bridgehead atoms. The van der Waals surface area contributed by atoms with Crippen LogP contribution in [0.1, 0.15) is 63.9 Å². The Morgan fingerprint density at radius 2 is 1.48 bits per heavy atom. The van der Waals surface area contributed by atoms with Crippen molar-refractivity contribution in [1.29, 1.82) is 0 Å². The second kappa shape index (κ2) is 15.6.